The standard InChI is InChI=1S/C68H73F5N12O7/c1-4-41-49(70)10-9-36-21-39(87)23-45(52(36)41)56-54(72)59-48(28-74-56)61(83-19-7-14-66(33-83)31-76-62(89)81-66)80-64(78-59)92-35-68-17-12-51(85(68)29-37(69)26-68)43-25-50(71)42(5-2)53-44(43)22-40(88)24-46(53)57-55(73)58-47(27-75-57)60(82-18-6-13-65(3,90)32-82)79-63(77-58)91-34-67-15-8-20-84(67)38(30-86)11-16-67/h9-10,21-25,27-28,37-38,51,86-88,90H,4-8,11-20,26,29-35H2,1-3H3,(H2,76,81,89)/t37-,38-,51?,65-,66-,67+,68+/m1/s1. The third kappa shape index (κ3) is 9.98. The first-order valence-electron chi connectivity index (χ1n) is 32.3. The normalized spacial score (nSPS) is 26.7. The van der Waals surface area contributed by atoms with Gasteiger partial charge in [0.25, 0.3) is 0 Å². The van der Waals surface area contributed by atoms with Crippen molar-refractivity contribution in [3.63, 3.8) is 0 Å². The molecule has 15 rings (SSSR count). The van der Waals surface area contributed by atoms with Crippen molar-refractivity contribution >= 4 is 61.0 Å². The fourth-order valence-electron chi connectivity index (χ4n) is 17.0. The Morgan fingerprint density at radius 2 is 1.30 bits per heavy atom. The Kier molecular flexibility index (Phi) is 14.8. The Morgan fingerprint density at radius 1 is 0.685 bits per heavy atom. The first kappa shape index (κ1) is 60.2. The number of aryl methyl sites for hydroxylation is 2. The van der Waals surface area contributed by atoms with Gasteiger partial charge in [0.05, 0.1) is 39.6 Å². The summed E-state index contributed by atoms with van der Waals surface area (Å²) in [6.07, 6.45) is 8.65. The zero-order chi connectivity index (χ0) is 63.8. The van der Waals surface area contributed by atoms with Crippen LogP contribution in [0.4, 0.5) is 38.4 Å². The smallest absolute Gasteiger partial charge is 0.319 e. The molecule has 92 heavy (non-hydrogen) atoms. The number of rotatable bonds is 14. The van der Waals surface area contributed by atoms with E-state index >= 15 is 22.0 Å². The number of phenols is 2. The molecule has 1 unspecified atom stereocenters. The third-order valence-electron chi connectivity index (χ3n) is 21.2. The molecule has 24 heteroatoms. The van der Waals surface area contributed by atoms with Gasteiger partial charge in [-0.1, -0.05) is 19.9 Å². The largest absolute Gasteiger partial charge is 0.508 e. The second-order valence-corrected chi connectivity index (χ2v) is 27.0. The van der Waals surface area contributed by atoms with E-state index in [1.54, 1.807) is 20.8 Å². The predicted octanol–water partition coefficient (Wildman–Crippen LogP) is 10.2. The summed E-state index contributed by atoms with van der Waals surface area (Å²) in [6.45, 7) is 7.95. The van der Waals surface area contributed by atoms with Gasteiger partial charge in [0.15, 0.2) is 11.6 Å². The van der Waals surface area contributed by atoms with E-state index in [9.17, 15) is 25.2 Å². The van der Waals surface area contributed by atoms with Gasteiger partial charge < -0.3 is 50.3 Å². The molecule has 0 saturated carbocycles. The quantitative estimate of drug-likeness (QED) is 0.0556. The molecule has 7 aliphatic heterocycles. The lowest BCUT2D eigenvalue weighted by Crippen LogP contribution is -2.56. The van der Waals surface area contributed by atoms with Gasteiger partial charge >= 0.3 is 18.1 Å². The van der Waals surface area contributed by atoms with Crippen LogP contribution >= 0.6 is 0 Å². The summed E-state index contributed by atoms with van der Waals surface area (Å²) >= 11 is 0. The Bertz CT molecular complexity index is 4340. The number of anilines is 2. The fourth-order valence-corrected chi connectivity index (χ4v) is 17.0. The van der Waals surface area contributed by atoms with E-state index in [1.807, 2.05) is 14.7 Å². The number of aromatic hydroxyl groups is 2. The van der Waals surface area contributed by atoms with Crippen molar-refractivity contribution in [2.75, 3.05) is 75.4 Å². The topological polar surface area (TPSA) is 231 Å². The average molecular weight is 1270 g/mol. The number of phenolic OH excluding ortho intramolecular Hbond substituents is 2. The number of aliphatic hydroxyl groups is 2. The number of carbonyl (C=O) groups excluding carboxylic acids is 1. The van der Waals surface area contributed by atoms with E-state index in [0.717, 1.165) is 32.2 Å². The van der Waals surface area contributed by atoms with Gasteiger partial charge in [0.2, 0.25) is 0 Å². The molecule has 482 valence electrons. The molecule has 2 amide bonds. The van der Waals surface area contributed by atoms with E-state index in [-0.39, 0.29) is 149 Å². The number of alkyl halides is 1. The van der Waals surface area contributed by atoms with Gasteiger partial charge in [-0.15, -0.1) is 0 Å². The van der Waals surface area contributed by atoms with E-state index in [2.05, 4.69) is 20.5 Å². The number of halogens is 5. The second kappa shape index (κ2) is 22.6. The lowest BCUT2D eigenvalue weighted by atomic mass is 9.88. The predicted molar refractivity (Wildman–Crippen MR) is 336 cm³/mol. The number of benzene rings is 4. The minimum atomic E-state index is -1.36. The van der Waals surface area contributed by atoms with Crippen LogP contribution in [0.15, 0.2) is 54.9 Å². The van der Waals surface area contributed by atoms with Crippen LogP contribution in [0.1, 0.15) is 114 Å². The molecular formula is C68H73F5N12O7. The Balaban J connectivity index is 0.800. The van der Waals surface area contributed by atoms with Crippen LogP contribution in [-0.2, 0) is 12.8 Å². The molecule has 7 saturated heterocycles. The van der Waals surface area contributed by atoms with Crippen molar-refractivity contribution in [3.05, 3.63) is 94.8 Å². The third-order valence-corrected chi connectivity index (χ3v) is 21.2. The fraction of sp³-hybridized carbons (Fsp3) is 0.485. The number of nitrogens with one attached hydrogen (secondary N) is 2. The number of pyridine rings is 2. The van der Waals surface area contributed by atoms with Crippen molar-refractivity contribution in [1.29, 1.82) is 0 Å². The zero-order valence-electron chi connectivity index (χ0n) is 51.6. The highest BCUT2D eigenvalue weighted by molar-refractivity contribution is 6.04. The molecule has 4 aromatic heterocycles. The number of β-amino-alcohol motifs (C(OH)–C–C–N with tert-alkyl or cyclic N) is 1. The summed E-state index contributed by atoms with van der Waals surface area (Å²) in [5.41, 5.74) is -2.57. The molecular weight excluding hydrogens is 1190 g/mol. The molecule has 1 spiro atoms. The van der Waals surface area contributed by atoms with Crippen LogP contribution in [0.3, 0.4) is 0 Å². The summed E-state index contributed by atoms with van der Waals surface area (Å²) in [6, 6.07) is 8.71. The van der Waals surface area contributed by atoms with Crippen molar-refractivity contribution in [2.45, 2.75) is 145 Å². The molecule has 19 nitrogen and oxygen atoms in total. The number of ether oxygens (including phenoxy) is 2. The summed E-state index contributed by atoms with van der Waals surface area (Å²) in [5, 5.41) is 52.3. The molecule has 0 bridgehead atoms. The minimum Gasteiger partial charge on any atom is -0.508 e. The summed E-state index contributed by atoms with van der Waals surface area (Å²) in [5.74, 6) is -2.65. The number of amides is 2. The highest BCUT2D eigenvalue weighted by Gasteiger charge is 2.55. The first-order chi connectivity index (χ1) is 44.3. The van der Waals surface area contributed by atoms with Gasteiger partial charge in [0.1, 0.15) is 76.6 Å². The van der Waals surface area contributed by atoms with E-state index in [4.69, 9.17) is 34.4 Å². The number of hydrogen-bond donors (Lipinski definition) is 6. The van der Waals surface area contributed by atoms with E-state index in [1.165, 1.54) is 54.9 Å². The van der Waals surface area contributed by atoms with Crippen LogP contribution in [0.2, 0.25) is 0 Å². The summed E-state index contributed by atoms with van der Waals surface area (Å²) in [4.78, 5) is 49.3. The number of aromatic nitrogens is 6. The number of aliphatic hydroxyl groups excluding tert-OH is 1. The highest BCUT2D eigenvalue weighted by atomic mass is 19.1. The van der Waals surface area contributed by atoms with Gasteiger partial charge in [-0.3, -0.25) is 19.8 Å². The van der Waals surface area contributed by atoms with Crippen LogP contribution in [0.5, 0.6) is 23.5 Å². The molecule has 8 aromatic rings. The van der Waals surface area contributed by atoms with Crippen LogP contribution in [0.25, 0.3) is 65.9 Å². The molecule has 7 fully saturated rings. The first-order valence-corrected chi connectivity index (χ1v) is 32.3. The number of hydrogen-bond acceptors (Lipinski definition) is 17. The van der Waals surface area contributed by atoms with Crippen molar-refractivity contribution in [1.82, 2.24) is 50.3 Å². The van der Waals surface area contributed by atoms with Gasteiger partial charge in [-0.25, -0.2) is 26.7 Å². The lowest BCUT2D eigenvalue weighted by molar-refractivity contribution is 0.0446. The van der Waals surface area contributed by atoms with Crippen molar-refractivity contribution in [2.24, 2.45) is 0 Å². The monoisotopic (exact) mass is 1260 g/mol. The Hall–Kier alpha value is -8.06. The minimum absolute atomic E-state index is 0.00838. The molecule has 0 radical (unpaired) electrons. The number of nitrogens with zero attached hydrogens (tertiary/aromatic N) is 10. The van der Waals surface area contributed by atoms with Gasteiger partial charge in [-0.2, -0.15) is 19.9 Å². The van der Waals surface area contributed by atoms with Crippen LogP contribution < -0.4 is 29.9 Å². The molecule has 6 N–H and O–H groups in total. The number of fused-ring (bicyclic) bond motifs is 6. The molecule has 7 aliphatic rings. The number of carbonyl (C=O) groups is 1. The van der Waals surface area contributed by atoms with Gasteiger partial charge in [-0.05, 0) is 165 Å². The maximum Gasteiger partial charge on any atom is 0.319 e. The van der Waals surface area contributed by atoms with E-state index in [0.29, 0.717) is 103 Å². The van der Waals surface area contributed by atoms with Gasteiger partial charge in [0, 0.05) is 81.3 Å². The SMILES string of the molecule is CCc1c(F)ccc2cc(O)cc(-c3ncc4c(N5CCC[C@@]6(CNC(=O)N6)C5)nc(OC[C@@]56CCC(c7cc(F)c(CC)c8c(-c9ncc%10c(N%11CCC[C@@](C)(O)C%11)nc(OC[C@@]%11%12CCCN%11[C@@H](CO)CC%12)nc%10c9F)cc(O)cc78)N5C[C@H](F)C6)nc4c3F)c12. The molecule has 4 aromatic carbocycles. The maximum absolute atomic E-state index is 18.1. The summed E-state index contributed by atoms with van der Waals surface area (Å²) < 4.78 is 98.2. The Morgan fingerprint density at radius 3 is 1.96 bits per heavy atom. The van der Waals surface area contributed by atoms with E-state index < -0.39 is 52.2 Å². The average Bonchev–Trinajstić information content (AvgIpc) is 1.10. The number of urea groups is 1. The lowest BCUT2D eigenvalue weighted by Gasteiger charge is -2.40. The Labute approximate surface area is 527 Å². The molecule has 7 atom stereocenters. The molecule has 11 heterocycles. The zero-order valence-corrected chi connectivity index (χ0v) is 51.6. The van der Waals surface area contributed by atoms with Crippen molar-refractivity contribution < 1.29 is 56.6 Å². The molecule has 0 aliphatic carbocycles. The summed E-state index contributed by atoms with van der Waals surface area (Å²) in [7, 11) is 0. The maximum atomic E-state index is 18.1. The van der Waals surface area contributed by atoms with Crippen LogP contribution in [-0.4, -0.2) is 166 Å². The van der Waals surface area contributed by atoms with Crippen LogP contribution in [0, 0.1) is 23.3 Å². The van der Waals surface area contributed by atoms with Crippen molar-refractivity contribution in [3.8, 4) is 46.0 Å². The number of piperidine rings is 2. The highest BCUT2D eigenvalue weighted by Crippen LogP contribution is 2.53. The second-order valence-electron chi connectivity index (χ2n) is 27.0.